The van der Waals surface area contributed by atoms with Gasteiger partial charge in [-0.1, -0.05) is 0 Å². The number of methoxy groups -OCH3 is 1. The quantitative estimate of drug-likeness (QED) is 0.746. The summed E-state index contributed by atoms with van der Waals surface area (Å²) in [6, 6.07) is 0.245. The van der Waals surface area contributed by atoms with Gasteiger partial charge in [0.25, 0.3) is 0 Å². The number of hydrogen-bond acceptors (Lipinski definition) is 7. The van der Waals surface area contributed by atoms with E-state index in [-0.39, 0.29) is 12.1 Å². The van der Waals surface area contributed by atoms with Crippen molar-refractivity contribution in [3.05, 3.63) is 0 Å². The molecule has 1 amide bonds. The number of nitrogens with one attached hydrogen (secondary N) is 1. The van der Waals surface area contributed by atoms with Crippen molar-refractivity contribution in [2.24, 2.45) is 4.99 Å². The number of guanidine groups is 1. The first-order valence-electron chi connectivity index (χ1n) is 9.00. The molecule has 0 aromatic rings. The normalized spacial score (nSPS) is 20.6. The van der Waals surface area contributed by atoms with Gasteiger partial charge < -0.3 is 29.5 Å². The van der Waals surface area contributed by atoms with Crippen molar-refractivity contribution in [1.82, 2.24) is 20.0 Å². The first kappa shape index (κ1) is 19.8. The van der Waals surface area contributed by atoms with Gasteiger partial charge in [-0.15, -0.1) is 0 Å². The van der Waals surface area contributed by atoms with Crippen LogP contribution in [0.15, 0.2) is 4.99 Å². The fraction of sp³-hybridized carbons (Fsp3) is 0.882. The number of likely N-dealkylation sites (N-methyl/N-ethyl adjacent to an activating group) is 1. The molecule has 1 fully saturated rings. The van der Waals surface area contributed by atoms with Crippen molar-refractivity contribution < 1.29 is 14.3 Å². The Morgan fingerprint density at radius 1 is 1.36 bits per heavy atom. The van der Waals surface area contributed by atoms with Crippen molar-refractivity contribution in [1.29, 1.82) is 0 Å². The fourth-order valence-corrected chi connectivity index (χ4v) is 2.94. The lowest BCUT2D eigenvalue weighted by atomic mass is 10.2. The molecule has 1 unspecified atom stereocenters. The van der Waals surface area contributed by atoms with Crippen LogP contribution in [-0.4, -0.2) is 105 Å². The van der Waals surface area contributed by atoms with Gasteiger partial charge in [-0.05, 0) is 27.8 Å². The number of aliphatic imine (C=N–C) groups is 1. The Morgan fingerprint density at radius 2 is 2.12 bits per heavy atom. The number of nitrogens with zero attached hydrogens (tertiary/aromatic N) is 4. The third kappa shape index (κ3) is 6.04. The third-order valence-corrected chi connectivity index (χ3v) is 4.31. The average molecular weight is 355 g/mol. The largest absolute Gasteiger partial charge is 0.444 e. The number of amides is 1. The highest BCUT2D eigenvalue weighted by Gasteiger charge is 2.36. The van der Waals surface area contributed by atoms with Crippen LogP contribution < -0.4 is 5.32 Å². The number of carbonyl (C=O) groups is 1. The van der Waals surface area contributed by atoms with Gasteiger partial charge in [0.2, 0.25) is 0 Å². The van der Waals surface area contributed by atoms with Crippen molar-refractivity contribution in [3.8, 4) is 0 Å². The molecule has 1 atom stereocenters. The monoisotopic (exact) mass is 355 g/mol. The van der Waals surface area contributed by atoms with Crippen LogP contribution in [-0.2, 0) is 9.47 Å². The molecule has 8 heteroatoms. The third-order valence-electron chi connectivity index (χ3n) is 4.31. The number of piperazine rings is 1. The van der Waals surface area contributed by atoms with Crippen LogP contribution in [0.5, 0.6) is 0 Å². The van der Waals surface area contributed by atoms with E-state index in [0.29, 0.717) is 13.1 Å². The molecule has 25 heavy (non-hydrogen) atoms. The van der Waals surface area contributed by atoms with Crippen molar-refractivity contribution in [2.45, 2.75) is 32.4 Å². The summed E-state index contributed by atoms with van der Waals surface area (Å²) < 4.78 is 10.6. The van der Waals surface area contributed by atoms with E-state index in [2.05, 4.69) is 27.2 Å². The van der Waals surface area contributed by atoms with Gasteiger partial charge in [0.1, 0.15) is 5.60 Å². The smallest absolute Gasteiger partial charge is 0.410 e. The summed E-state index contributed by atoms with van der Waals surface area (Å²) in [4.78, 5) is 23.1. The summed E-state index contributed by atoms with van der Waals surface area (Å²) in [5, 5.41) is 3.43. The molecule has 2 heterocycles. The Bertz CT molecular complexity index is 477. The Hall–Kier alpha value is -1.54. The number of carbonyl (C=O) groups excluding carboxylic acids is 1. The molecular formula is C17H33N5O3. The zero-order valence-electron chi connectivity index (χ0n) is 16.2. The number of ether oxygens (including phenoxy) is 2. The molecule has 1 N–H and O–H groups in total. The highest BCUT2D eigenvalue weighted by molar-refractivity contribution is 5.82. The van der Waals surface area contributed by atoms with Crippen LogP contribution in [0.25, 0.3) is 0 Å². The maximum absolute atomic E-state index is 12.2. The molecule has 0 radical (unpaired) electrons. The van der Waals surface area contributed by atoms with Gasteiger partial charge in [0.15, 0.2) is 5.96 Å². The van der Waals surface area contributed by atoms with E-state index in [1.165, 1.54) is 0 Å². The SMILES string of the molecule is COCCN(C)CCNC1=NCC2CN(C(=O)OC(C)(C)C)CCN12. The van der Waals surface area contributed by atoms with Crippen LogP contribution in [0.2, 0.25) is 0 Å². The van der Waals surface area contributed by atoms with Crippen molar-refractivity contribution >= 4 is 12.1 Å². The molecular weight excluding hydrogens is 322 g/mol. The molecule has 8 nitrogen and oxygen atoms in total. The van der Waals surface area contributed by atoms with Gasteiger partial charge >= 0.3 is 6.09 Å². The molecule has 1 saturated heterocycles. The predicted molar refractivity (Wildman–Crippen MR) is 98.0 cm³/mol. The Morgan fingerprint density at radius 3 is 2.80 bits per heavy atom. The molecule has 0 aliphatic carbocycles. The molecule has 0 spiro atoms. The first-order valence-corrected chi connectivity index (χ1v) is 9.00. The van der Waals surface area contributed by atoms with Crippen LogP contribution in [0.3, 0.4) is 0 Å². The van der Waals surface area contributed by atoms with E-state index < -0.39 is 5.60 Å². The van der Waals surface area contributed by atoms with Gasteiger partial charge in [-0.25, -0.2) is 4.79 Å². The molecule has 2 aliphatic heterocycles. The van der Waals surface area contributed by atoms with Crippen molar-refractivity contribution in [3.63, 3.8) is 0 Å². The van der Waals surface area contributed by atoms with Crippen molar-refractivity contribution in [2.75, 3.05) is 66.6 Å². The highest BCUT2D eigenvalue weighted by atomic mass is 16.6. The lowest BCUT2D eigenvalue weighted by Crippen LogP contribution is -2.57. The van der Waals surface area contributed by atoms with Crippen LogP contribution in [0.4, 0.5) is 4.79 Å². The zero-order valence-corrected chi connectivity index (χ0v) is 16.2. The maximum atomic E-state index is 12.2. The van der Waals surface area contributed by atoms with E-state index in [4.69, 9.17) is 9.47 Å². The van der Waals surface area contributed by atoms with E-state index in [1.54, 1.807) is 12.0 Å². The van der Waals surface area contributed by atoms with Gasteiger partial charge in [-0.3, -0.25) is 4.99 Å². The summed E-state index contributed by atoms with van der Waals surface area (Å²) >= 11 is 0. The summed E-state index contributed by atoms with van der Waals surface area (Å²) in [6.45, 7) is 12.0. The van der Waals surface area contributed by atoms with E-state index in [9.17, 15) is 4.79 Å². The predicted octanol–water partition coefficient (Wildman–Crippen LogP) is 0.445. The number of rotatable bonds is 6. The van der Waals surface area contributed by atoms with E-state index in [1.807, 2.05) is 20.8 Å². The lowest BCUT2D eigenvalue weighted by molar-refractivity contribution is 0.0137. The molecule has 2 aliphatic rings. The Kier molecular flexibility index (Phi) is 6.89. The highest BCUT2D eigenvalue weighted by Crippen LogP contribution is 2.18. The summed E-state index contributed by atoms with van der Waals surface area (Å²) in [6.07, 6.45) is -0.228. The van der Waals surface area contributed by atoms with Crippen LogP contribution >= 0.6 is 0 Å². The van der Waals surface area contributed by atoms with Crippen LogP contribution in [0, 0.1) is 0 Å². The Labute approximate surface area is 151 Å². The molecule has 0 aromatic carbocycles. The topological polar surface area (TPSA) is 69.6 Å². The van der Waals surface area contributed by atoms with Gasteiger partial charge in [0.05, 0.1) is 19.2 Å². The molecule has 0 bridgehead atoms. The number of hydrogen-bond donors (Lipinski definition) is 1. The summed E-state index contributed by atoms with van der Waals surface area (Å²) in [5.41, 5.74) is -0.456. The summed E-state index contributed by atoms with van der Waals surface area (Å²) in [5.74, 6) is 0.953. The minimum absolute atomic E-state index is 0.228. The molecule has 0 saturated carbocycles. The van der Waals surface area contributed by atoms with E-state index >= 15 is 0 Å². The first-order chi connectivity index (χ1) is 11.8. The minimum Gasteiger partial charge on any atom is -0.444 e. The maximum Gasteiger partial charge on any atom is 0.410 e. The van der Waals surface area contributed by atoms with Gasteiger partial charge in [-0.2, -0.15) is 0 Å². The zero-order chi connectivity index (χ0) is 18.4. The van der Waals surface area contributed by atoms with Crippen LogP contribution in [0.1, 0.15) is 20.8 Å². The standard InChI is InChI=1S/C17H33N5O3/c1-17(2,3)25-16(23)21-8-9-22-14(13-21)12-19-15(22)18-6-7-20(4)10-11-24-5/h14H,6-13H2,1-5H3,(H,18,19). The molecule has 144 valence electrons. The fourth-order valence-electron chi connectivity index (χ4n) is 2.94. The Balaban J connectivity index is 1.73. The second kappa shape index (κ2) is 8.71. The van der Waals surface area contributed by atoms with E-state index in [0.717, 1.165) is 45.3 Å². The average Bonchev–Trinajstić information content (AvgIpc) is 2.93. The molecule has 0 aromatic heterocycles. The lowest BCUT2D eigenvalue weighted by Gasteiger charge is -2.39. The van der Waals surface area contributed by atoms with Gasteiger partial charge in [0, 0.05) is 46.4 Å². The second-order valence-electron chi connectivity index (χ2n) is 7.66. The number of fused-ring (bicyclic) bond motifs is 1. The minimum atomic E-state index is -0.456. The summed E-state index contributed by atoms with van der Waals surface area (Å²) in [7, 11) is 3.80. The molecule has 2 rings (SSSR count). The second-order valence-corrected chi connectivity index (χ2v) is 7.66.